The van der Waals surface area contributed by atoms with Crippen LogP contribution < -0.4 is 5.32 Å². The highest BCUT2D eigenvalue weighted by Crippen LogP contribution is 2.17. The van der Waals surface area contributed by atoms with Crippen molar-refractivity contribution in [1.82, 2.24) is 15.3 Å². The molecule has 1 heterocycles. The molecule has 2 aromatic rings. The Kier molecular flexibility index (Phi) is 6.90. The Hall–Kier alpha value is -1.99. The second kappa shape index (κ2) is 8.92. The number of carbonyl (C=O) groups is 1. The van der Waals surface area contributed by atoms with Crippen molar-refractivity contribution in [3.63, 3.8) is 0 Å². The van der Waals surface area contributed by atoms with E-state index in [9.17, 15) is 14.3 Å². The summed E-state index contributed by atoms with van der Waals surface area (Å²) in [6.07, 6.45) is 1.80. The molecule has 134 valence electrons. The van der Waals surface area contributed by atoms with E-state index in [4.69, 9.17) is 0 Å². The van der Waals surface area contributed by atoms with Crippen LogP contribution in [0.1, 0.15) is 35.0 Å². The number of aliphatic hydroxyl groups is 1. The first-order valence-electron chi connectivity index (χ1n) is 7.99. The predicted octanol–water partition coefficient (Wildman–Crippen LogP) is 2.74. The van der Waals surface area contributed by atoms with Crippen LogP contribution in [-0.2, 0) is 11.2 Å². The van der Waals surface area contributed by atoms with E-state index >= 15 is 0 Å². The van der Waals surface area contributed by atoms with Gasteiger partial charge >= 0.3 is 0 Å². The van der Waals surface area contributed by atoms with Gasteiger partial charge in [-0.2, -0.15) is 0 Å². The number of aryl methyl sites for hydroxylation is 2. The van der Waals surface area contributed by atoms with E-state index in [1.54, 1.807) is 6.07 Å². The molecule has 5 nitrogen and oxygen atoms in total. The van der Waals surface area contributed by atoms with Crippen LogP contribution in [0.25, 0.3) is 0 Å². The van der Waals surface area contributed by atoms with Crippen molar-refractivity contribution < 1.29 is 14.3 Å². The normalized spacial score (nSPS) is 12.0. The molecule has 0 radical (unpaired) electrons. The quantitative estimate of drug-likeness (QED) is 0.584. The minimum absolute atomic E-state index is 0.0438. The third kappa shape index (κ3) is 5.51. The number of amides is 1. The number of carbonyl (C=O) groups excluding carboxylic acids is 1. The van der Waals surface area contributed by atoms with Gasteiger partial charge in [0.15, 0.2) is 5.16 Å². The molecule has 0 aliphatic heterocycles. The number of hydrogen-bond donors (Lipinski definition) is 2. The first-order valence-corrected chi connectivity index (χ1v) is 9.21. The lowest BCUT2D eigenvalue weighted by Gasteiger charge is -2.13. The molecule has 0 aliphatic carbocycles. The molecule has 0 saturated carbocycles. The van der Waals surface area contributed by atoms with E-state index in [0.717, 1.165) is 22.1 Å². The third-order valence-electron chi connectivity index (χ3n) is 3.91. The lowest BCUT2D eigenvalue weighted by Crippen LogP contribution is -2.28. The lowest BCUT2D eigenvalue weighted by atomic mass is 10.1. The maximum atomic E-state index is 13.2. The highest BCUT2D eigenvalue weighted by Gasteiger charge is 2.13. The standard InChI is InChI=1S/C18H22FN3O2S/c1-11-15(12(2)22-18(21-11)25-3)7-8-17(24)20-10-16(23)13-5-4-6-14(19)9-13/h4-6,9,16,23H,7-8,10H2,1-3H3,(H,20,24). The fraction of sp³-hybridized carbons (Fsp3) is 0.389. The van der Waals surface area contributed by atoms with Crippen LogP contribution in [0.2, 0.25) is 0 Å². The van der Waals surface area contributed by atoms with Gasteiger partial charge in [0, 0.05) is 24.4 Å². The molecule has 1 aromatic heterocycles. The Morgan fingerprint density at radius 3 is 2.60 bits per heavy atom. The van der Waals surface area contributed by atoms with Crippen LogP contribution in [-0.4, -0.2) is 33.8 Å². The van der Waals surface area contributed by atoms with Crippen molar-refractivity contribution in [3.8, 4) is 0 Å². The number of aromatic nitrogens is 2. The smallest absolute Gasteiger partial charge is 0.220 e. The SMILES string of the molecule is CSc1nc(C)c(CCC(=O)NCC(O)c2cccc(F)c2)c(C)n1. The van der Waals surface area contributed by atoms with Gasteiger partial charge in [-0.15, -0.1) is 0 Å². The third-order valence-corrected chi connectivity index (χ3v) is 4.46. The molecule has 0 fully saturated rings. The molecular formula is C18H22FN3O2S. The minimum atomic E-state index is -0.938. The summed E-state index contributed by atoms with van der Waals surface area (Å²) in [5, 5.41) is 13.4. The number of benzene rings is 1. The summed E-state index contributed by atoms with van der Waals surface area (Å²) in [5.41, 5.74) is 3.17. The zero-order valence-electron chi connectivity index (χ0n) is 14.5. The van der Waals surface area contributed by atoms with E-state index in [1.807, 2.05) is 20.1 Å². The number of aliphatic hydroxyl groups excluding tert-OH is 1. The molecule has 1 unspecified atom stereocenters. The fourth-order valence-corrected chi connectivity index (χ4v) is 2.99. The molecular weight excluding hydrogens is 341 g/mol. The fourth-order valence-electron chi connectivity index (χ4n) is 2.53. The molecule has 7 heteroatoms. The molecule has 1 amide bonds. The van der Waals surface area contributed by atoms with Gasteiger partial charge in [-0.25, -0.2) is 14.4 Å². The van der Waals surface area contributed by atoms with Gasteiger partial charge in [-0.05, 0) is 49.8 Å². The Balaban J connectivity index is 1.87. The van der Waals surface area contributed by atoms with Crippen LogP contribution in [0, 0.1) is 19.7 Å². The predicted molar refractivity (Wildman–Crippen MR) is 96.0 cm³/mol. The molecule has 0 aliphatic rings. The largest absolute Gasteiger partial charge is 0.387 e. The summed E-state index contributed by atoms with van der Waals surface area (Å²) in [4.78, 5) is 20.8. The number of halogens is 1. The van der Waals surface area contributed by atoms with Crippen molar-refractivity contribution in [1.29, 1.82) is 0 Å². The second-order valence-corrected chi connectivity index (χ2v) is 6.51. The number of thioether (sulfide) groups is 1. The zero-order valence-corrected chi connectivity index (χ0v) is 15.4. The molecule has 2 rings (SSSR count). The topological polar surface area (TPSA) is 75.1 Å². The van der Waals surface area contributed by atoms with E-state index in [-0.39, 0.29) is 18.9 Å². The average Bonchev–Trinajstić information content (AvgIpc) is 2.58. The van der Waals surface area contributed by atoms with Gasteiger partial charge < -0.3 is 10.4 Å². The molecule has 0 bridgehead atoms. The molecule has 1 aromatic carbocycles. The Morgan fingerprint density at radius 2 is 2.00 bits per heavy atom. The highest BCUT2D eigenvalue weighted by molar-refractivity contribution is 7.98. The molecule has 2 N–H and O–H groups in total. The maximum Gasteiger partial charge on any atom is 0.220 e. The van der Waals surface area contributed by atoms with Gasteiger partial charge in [-0.1, -0.05) is 23.9 Å². The summed E-state index contributed by atoms with van der Waals surface area (Å²) < 4.78 is 13.2. The van der Waals surface area contributed by atoms with Crippen molar-refractivity contribution in [2.45, 2.75) is 37.9 Å². The number of hydrogen-bond acceptors (Lipinski definition) is 5. The van der Waals surface area contributed by atoms with Crippen molar-refractivity contribution >= 4 is 17.7 Å². The Labute approximate surface area is 151 Å². The van der Waals surface area contributed by atoms with Crippen LogP contribution in [0.15, 0.2) is 29.4 Å². The number of nitrogens with zero attached hydrogens (tertiary/aromatic N) is 2. The number of rotatable bonds is 7. The first-order chi connectivity index (χ1) is 11.9. The van der Waals surface area contributed by atoms with Gasteiger partial charge in [0.05, 0.1) is 6.10 Å². The van der Waals surface area contributed by atoms with Crippen LogP contribution in [0.4, 0.5) is 4.39 Å². The van der Waals surface area contributed by atoms with E-state index in [1.165, 1.54) is 30.0 Å². The van der Waals surface area contributed by atoms with E-state index < -0.39 is 11.9 Å². The van der Waals surface area contributed by atoms with Crippen molar-refractivity contribution in [2.75, 3.05) is 12.8 Å². The Morgan fingerprint density at radius 1 is 1.32 bits per heavy atom. The van der Waals surface area contributed by atoms with Gasteiger partial charge in [-0.3, -0.25) is 4.79 Å². The van der Waals surface area contributed by atoms with Crippen LogP contribution in [0.3, 0.4) is 0 Å². The van der Waals surface area contributed by atoms with Crippen molar-refractivity contribution in [2.24, 2.45) is 0 Å². The summed E-state index contributed by atoms with van der Waals surface area (Å²) in [6.45, 7) is 3.87. The molecule has 0 spiro atoms. The summed E-state index contributed by atoms with van der Waals surface area (Å²) >= 11 is 1.48. The van der Waals surface area contributed by atoms with Crippen molar-refractivity contribution in [3.05, 3.63) is 52.6 Å². The monoisotopic (exact) mass is 363 g/mol. The summed E-state index contributed by atoms with van der Waals surface area (Å²) in [7, 11) is 0. The van der Waals surface area contributed by atoms with E-state index in [0.29, 0.717) is 12.0 Å². The second-order valence-electron chi connectivity index (χ2n) is 5.73. The zero-order chi connectivity index (χ0) is 18.4. The van der Waals surface area contributed by atoms with Crippen LogP contribution >= 0.6 is 11.8 Å². The average molecular weight is 363 g/mol. The first kappa shape index (κ1) is 19.3. The van der Waals surface area contributed by atoms with Crippen LogP contribution in [0.5, 0.6) is 0 Å². The highest BCUT2D eigenvalue weighted by atomic mass is 32.2. The van der Waals surface area contributed by atoms with Gasteiger partial charge in [0.2, 0.25) is 5.91 Å². The molecule has 25 heavy (non-hydrogen) atoms. The molecule has 0 saturated heterocycles. The van der Waals surface area contributed by atoms with E-state index in [2.05, 4.69) is 15.3 Å². The number of nitrogens with one attached hydrogen (secondary N) is 1. The molecule has 1 atom stereocenters. The Bertz CT molecular complexity index is 732. The maximum absolute atomic E-state index is 13.2. The summed E-state index contributed by atoms with van der Waals surface area (Å²) in [5.74, 6) is -0.592. The summed E-state index contributed by atoms with van der Waals surface area (Å²) in [6, 6.07) is 5.72. The van der Waals surface area contributed by atoms with Gasteiger partial charge in [0.1, 0.15) is 5.82 Å². The van der Waals surface area contributed by atoms with Gasteiger partial charge in [0.25, 0.3) is 0 Å². The lowest BCUT2D eigenvalue weighted by molar-refractivity contribution is -0.121. The minimum Gasteiger partial charge on any atom is -0.387 e.